The first-order valence-electron chi connectivity index (χ1n) is 5.97. The molecule has 0 bridgehead atoms. The first-order valence-corrected chi connectivity index (χ1v) is 5.97. The molecular weight excluding hydrogens is 214 g/mol. The highest BCUT2D eigenvalue weighted by molar-refractivity contribution is 5.87. The molecular formula is C14H19NO2. The predicted molar refractivity (Wildman–Crippen MR) is 69.7 cm³/mol. The first kappa shape index (κ1) is 13.4. The average molecular weight is 233 g/mol. The minimum absolute atomic E-state index is 0.236. The summed E-state index contributed by atoms with van der Waals surface area (Å²) in [6, 6.07) is 9.85. The topological polar surface area (TPSA) is 38.7 Å². The Morgan fingerprint density at radius 2 is 1.94 bits per heavy atom. The Labute approximate surface area is 103 Å². The number of carbonyl (C=O) groups is 1. The van der Waals surface area contributed by atoms with Crippen LogP contribution in [0, 0.1) is 0 Å². The third-order valence-corrected chi connectivity index (χ3v) is 2.28. The van der Waals surface area contributed by atoms with Crippen LogP contribution in [-0.4, -0.2) is 18.3 Å². The van der Waals surface area contributed by atoms with Gasteiger partial charge in [0, 0.05) is 19.1 Å². The van der Waals surface area contributed by atoms with Crippen molar-refractivity contribution in [2.75, 3.05) is 6.61 Å². The average Bonchev–Trinajstić information content (AvgIpc) is 2.30. The number of hydrogen-bond acceptors (Lipinski definition) is 3. The molecule has 0 aliphatic carbocycles. The molecule has 0 heterocycles. The van der Waals surface area contributed by atoms with Gasteiger partial charge in [-0.15, -0.1) is 0 Å². The molecule has 0 saturated heterocycles. The van der Waals surface area contributed by atoms with Crippen LogP contribution in [0.15, 0.2) is 35.3 Å². The second-order valence-electron chi connectivity index (χ2n) is 3.85. The largest absolute Gasteiger partial charge is 0.465 e. The van der Waals surface area contributed by atoms with Crippen LogP contribution in [0.1, 0.15) is 33.1 Å². The minimum Gasteiger partial charge on any atom is -0.465 e. The SMILES string of the molecule is CCCC(CCOC(C)=O)=Nc1ccccc1. The summed E-state index contributed by atoms with van der Waals surface area (Å²) in [5.41, 5.74) is 2.04. The molecule has 0 amide bonds. The summed E-state index contributed by atoms with van der Waals surface area (Å²) in [5.74, 6) is -0.236. The zero-order valence-electron chi connectivity index (χ0n) is 10.5. The van der Waals surface area contributed by atoms with Gasteiger partial charge < -0.3 is 4.74 Å². The van der Waals surface area contributed by atoms with Gasteiger partial charge >= 0.3 is 5.97 Å². The predicted octanol–water partition coefficient (Wildman–Crippen LogP) is 3.51. The zero-order chi connectivity index (χ0) is 12.5. The Balaban J connectivity index is 2.58. The number of benzene rings is 1. The van der Waals surface area contributed by atoms with Crippen LogP contribution in [0.4, 0.5) is 5.69 Å². The molecule has 0 spiro atoms. The molecule has 0 N–H and O–H groups in total. The molecule has 3 nitrogen and oxygen atoms in total. The Kier molecular flexibility index (Phi) is 6.00. The van der Waals surface area contributed by atoms with Crippen LogP contribution in [0.3, 0.4) is 0 Å². The molecule has 0 saturated carbocycles. The summed E-state index contributed by atoms with van der Waals surface area (Å²) in [6.07, 6.45) is 2.70. The second kappa shape index (κ2) is 7.60. The van der Waals surface area contributed by atoms with E-state index in [1.807, 2.05) is 30.3 Å². The van der Waals surface area contributed by atoms with Crippen LogP contribution in [0.25, 0.3) is 0 Å². The molecule has 0 atom stereocenters. The van der Waals surface area contributed by atoms with Crippen LogP contribution in [0.2, 0.25) is 0 Å². The third-order valence-electron chi connectivity index (χ3n) is 2.28. The van der Waals surface area contributed by atoms with Crippen molar-refractivity contribution in [2.45, 2.75) is 33.1 Å². The second-order valence-corrected chi connectivity index (χ2v) is 3.85. The monoisotopic (exact) mass is 233 g/mol. The lowest BCUT2D eigenvalue weighted by Gasteiger charge is -2.05. The fourth-order valence-corrected chi connectivity index (χ4v) is 1.52. The fraction of sp³-hybridized carbons (Fsp3) is 0.429. The molecule has 0 unspecified atom stereocenters. The van der Waals surface area contributed by atoms with Gasteiger partial charge in [-0.2, -0.15) is 0 Å². The number of aliphatic imine (C=N–C) groups is 1. The maximum Gasteiger partial charge on any atom is 0.302 e. The quantitative estimate of drug-likeness (QED) is 0.557. The summed E-state index contributed by atoms with van der Waals surface area (Å²) < 4.78 is 4.94. The maximum atomic E-state index is 10.7. The Bertz CT molecular complexity index is 371. The number of rotatable bonds is 6. The van der Waals surface area contributed by atoms with E-state index in [0.717, 1.165) is 24.2 Å². The Morgan fingerprint density at radius 1 is 1.24 bits per heavy atom. The summed E-state index contributed by atoms with van der Waals surface area (Å²) in [6.45, 7) is 3.96. The van der Waals surface area contributed by atoms with E-state index in [-0.39, 0.29) is 5.97 Å². The normalized spacial score (nSPS) is 11.3. The summed E-state index contributed by atoms with van der Waals surface area (Å²) in [4.78, 5) is 15.2. The van der Waals surface area contributed by atoms with Crippen molar-refractivity contribution in [1.82, 2.24) is 0 Å². The van der Waals surface area contributed by atoms with Gasteiger partial charge in [0.2, 0.25) is 0 Å². The number of hydrogen-bond donors (Lipinski definition) is 0. The van der Waals surface area contributed by atoms with Crippen LogP contribution in [0.5, 0.6) is 0 Å². The van der Waals surface area contributed by atoms with Crippen LogP contribution < -0.4 is 0 Å². The zero-order valence-corrected chi connectivity index (χ0v) is 10.5. The number of carbonyl (C=O) groups excluding carboxylic acids is 1. The van der Waals surface area contributed by atoms with E-state index in [1.165, 1.54) is 6.92 Å². The lowest BCUT2D eigenvalue weighted by molar-refractivity contribution is -0.140. The Hall–Kier alpha value is -1.64. The number of ether oxygens (including phenoxy) is 1. The standard InChI is InChI=1S/C14H19NO2/c1-3-7-13(10-11-17-12(2)16)15-14-8-5-4-6-9-14/h4-6,8-9H,3,7,10-11H2,1-2H3. The highest BCUT2D eigenvalue weighted by Gasteiger charge is 2.01. The van der Waals surface area contributed by atoms with Gasteiger partial charge in [-0.3, -0.25) is 9.79 Å². The molecule has 1 aromatic carbocycles. The molecule has 1 aromatic rings. The van der Waals surface area contributed by atoms with E-state index in [4.69, 9.17) is 4.74 Å². The summed E-state index contributed by atoms with van der Waals surface area (Å²) in [7, 11) is 0. The summed E-state index contributed by atoms with van der Waals surface area (Å²) >= 11 is 0. The van der Waals surface area contributed by atoms with Crippen molar-refractivity contribution in [2.24, 2.45) is 4.99 Å². The number of nitrogens with zero attached hydrogens (tertiary/aromatic N) is 1. The highest BCUT2D eigenvalue weighted by Crippen LogP contribution is 2.13. The van der Waals surface area contributed by atoms with Gasteiger partial charge in [0.05, 0.1) is 12.3 Å². The van der Waals surface area contributed by atoms with Crippen LogP contribution >= 0.6 is 0 Å². The molecule has 0 aliphatic rings. The number of esters is 1. The van der Waals surface area contributed by atoms with Gasteiger partial charge in [0.25, 0.3) is 0 Å². The van der Waals surface area contributed by atoms with Crippen molar-refractivity contribution < 1.29 is 9.53 Å². The molecule has 17 heavy (non-hydrogen) atoms. The smallest absolute Gasteiger partial charge is 0.302 e. The Morgan fingerprint density at radius 3 is 2.53 bits per heavy atom. The molecule has 0 aliphatic heterocycles. The van der Waals surface area contributed by atoms with Crippen molar-refractivity contribution in [3.63, 3.8) is 0 Å². The van der Waals surface area contributed by atoms with Gasteiger partial charge in [0.1, 0.15) is 0 Å². The summed E-state index contributed by atoms with van der Waals surface area (Å²) in [5, 5.41) is 0. The molecule has 3 heteroatoms. The first-order chi connectivity index (χ1) is 8.22. The van der Waals surface area contributed by atoms with E-state index < -0.39 is 0 Å². The van der Waals surface area contributed by atoms with E-state index in [0.29, 0.717) is 13.0 Å². The highest BCUT2D eigenvalue weighted by atomic mass is 16.5. The van der Waals surface area contributed by atoms with Crippen molar-refractivity contribution in [3.8, 4) is 0 Å². The van der Waals surface area contributed by atoms with Crippen molar-refractivity contribution in [3.05, 3.63) is 30.3 Å². The maximum absolute atomic E-state index is 10.7. The van der Waals surface area contributed by atoms with Gasteiger partial charge in [-0.1, -0.05) is 31.5 Å². The molecule has 1 rings (SSSR count). The molecule has 0 aromatic heterocycles. The van der Waals surface area contributed by atoms with Crippen molar-refractivity contribution in [1.29, 1.82) is 0 Å². The van der Waals surface area contributed by atoms with E-state index >= 15 is 0 Å². The molecule has 92 valence electrons. The van der Waals surface area contributed by atoms with Crippen LogP contribution in [-0.2, 0) is 9.53 Å². The van der Waals surface area contributed by atoms with Gasteiger partial charge in [-0.25, -0.2) is 0 Å². The fourth-order valence-electron chi connectivity index (χ4n) is 1.52. The lowest BCUT2D eigenvalue weighted by Crippen LogP contribution is -2.07. The molecule has 0 radical (unpaired) electrons. The third kappa shape index (κ3) is 5.85. The van der Waals surface area contributed by atoms with E-state index in [1.54, 1.807) is 0 Å². The lowest BCUT2D eigenvalue weighted by atomic mass is 10.1. The number of para-hydroxylation sites is 1. The minimum atomic E-state index is -0.236. The van der Waals surface area contributed by atoms with E-state index in [9.17, 15) is 4.79 Å². The van der Waals surface area contributed by atoms with Gasteiger partial charge in [-0.05, 0) is 18.6 Å². The van der Waals surface area contributed by atoms with Crippen molar-refractivity contribution >= 4 is 17.4 Å². The van der Waals surface area contributed by atoms with E-state index in [2.05, 4.69) is 11.9 Å². The molecule has 0 fully saturated rings. The van der Waals surface area contributed by atoms with Gasteiger partial charge in [0.15, 0.2) is 0 Å².